The molecule has 8 aliphatic carbocycles. The summed E-state index contributed by atoms with van der Waals surface area (Å²) in [5.74, 6) is -9.86. The first kappa shape index (κ1) is 53.7. The molecule has 8 rings (SSSR count). The Labute approximate surface area is 410 Å². The lowest BCUT2D eigenvalue weighted by Gasteiger charge is -2.62. The standard InChI is InChI=1S/C52H68F2O17/c1-9-67-43(69-23-37(59)41(63)51(65)25(3)15-29-31-19-35(57)33-17-27(55)11-13-45(33,5)49(31,53)39(61)21-47(29,51)7)71-44(68-10-2)70-24-38(60)42(64)52(66)26(4)16-30-32-20-36(58)34-18-28(56)12-14-46(34,6)50(32,54)40(62)22-48(30,52)8/h11-14,17-18,25-26,29-32,37-40,43-44,59-62,65-66H,9-10,15-16,19-24H2,1-8H3/t25-,26+,29?,30?,31?,32?,37?,38?,39-,40+,43?,44?,45-,46-,47-,48-,49-,50+,51-,52+/m0/s1. The minimum atomic E-state index is -2.44. The molecule has 0 amide bonds. The number of halogens is 2. The molecular formula is C52H68F2O17. The van der Waals surface area contributed by atoms with Crippen LogP contribution in [0.4, 0.5) is 8.78 Å². The third kappa shape index (κ3) is 7.29. The van der Waals surface area contributed by atoms with E-state index < -0.39 is 178 Å². The van der Waals surface area contributed by atoms with Crippen LogP contribution in [0.3, 0.4) is 0 Å². The molecule has 0 saturated heterocycles. The number of hydrogen-bond donors (Lipinski definition) is 6. The maximum atomic E-state index is 17.7. The quantitative estimate of drug-likeness (QED) is 0.121. The van der Waals surface area contributed by atoms with Crippen LogP contribution in [0.5, 0.6) is 0 Å². The van der Waals surface area contributed by atoms with Gasteiger partial charge in [0.15, 0.2) is 46.0 Å². The van der Waals surface area contributed by atoms with E-state index in [2.05, 4.69) is 0 Å². The Morgan fingerprint density at radius 1 is 0.634 bits per heavy atom. The molecular weight excluding hydrogens is 935 g/mol. The molecule has 0 aromatic rings. The van der Waals surface area contributed by atoms with Crippen LogP contribution >= 0.6 is 0 Å². The zero-order valence-corrected chi connectivity index (χ0v) is 41.4. The number of ether oxygens (including phenoxy) is 5. The van der Waals surface area contributed by atoms with Gasteiger partial charge in [-0.1, -0.05) is 39.8 Å². The Bertz CT molecular complexity index is 2230. The van der Waals surface area contributed by atoms with Crippen LogP contribution in [0.2, 0.25) is 0 Å². The van der Waals surface area contributed by atoms with Crippen molar-refractivity contribution in [3.8, 4) is 0 Å². The molecule has 20 atom stereocenters. The van der Waals surface area contributed by atoms with Crippen LogP contribution < -0.4 is 0 Å². The summed E-state index contributed by atoms with van der Waals surface area (Å²) in [6.07, 6.45) is -2.04. The summed E-state index contributed by atoms with van der Waals surface area (Å²) in [6.45, 7) is 6.97. The van der Waals surface area contributed by atoms with E-state index in [4.69, 9.17) is 23.7 Å². The van der Waals surface area contributed by atoms with E-state index in [-0.39, 0.29) is 50.0 Å². The van der Waals surface area contributed by atoms with Gasteiger partial charge in [-0.15, -0.1) is 0 Å². The fraction of sp³-hybridized carbons (Fsp3) is 0.731. The van der Waals surface area contributed by atoms with Gasteiger partial charge in [0.1, 0.15) is 23.4 Å². The first-order chi connectivity index (χ1) is 33.0. The van der Waals surface area contributed by atoms with Crippen LogP contribution in [0.25, 0.3) is 0 Å². The molecule has 0 radical (unpaired) electrons. The number of alkyl halides is 2. The van der Waals surface area contributed by atoms with Crippen molar-refractivity contribution in [1.29, 1.82) is 0 Å². The van der Waals surface area contributed by atoms with Gasteiger partial charge < -0.3 is 49.6 Å². The molecule has 8 aliphatic rings. The molecule has 17 nitrogen and oxygen atoms in total. The van der Waals surface area contributed by atoms with E-state index in [1.165, 1.54) is 39.8 Å². The summed E-state index contributed by atoms with van der Waals surface area (Å²) in [7, 11) is 0. The van der Waals surface area contributed by atoms with Crippen molar-refractivity contribution >= 4 is 34.7 Å². The smallest absolute Gasteiger partial charge is 0.275 e. The van der Waals surface area contributed by atoms with Crippen LogP contribution in [0, 0.1) is 57.2 Å². The molecule has 0 aromatic carbocycles. The molecule has 6 N–H and O–H groups in total. The SMILES string of the molecule is CCOC(OCC(O)C(=O)[C@@]1(O)[C@@H](C)CC2C3CC(=O)C4=CC(=O)C=C[C@]4(C)[C@@]3(F)[C@@H](O)C[C@@]21C)OC(OCC)OCC(O)C(=O)[C@]1(O)[C@H](C)CC2C3CC(=O)C4=CC(=O)C=C[C@]4(C)[C@]3(F)[C@H](O)C[C@@]21C. The average Bonchev–Trinajstić information content (AvgIpc) is 3.64. The average molecular weight is 1000 g/mol. The highest BCUT2D eigenvalue weighted by molar-refractivity contribution is 6.11. The first-order valence-corrected chi connectivity index (χ1v) is 24.7. The molecule has 0 heterocycles. The van der Waals surface area contributed by atoms with Crippen LogP contribution in [-0.4, -0.2) is 152 Å². The zero-order valence-electron chi connectivity index (χ0n) is 41.4. The van der Waals surface area contributed by atoms with Crippen molar-refractivity contribution in [2.45, 2.75) is 154 Å². The maximum absolute atomic E-state index is 17.7. The number of carbonyl (C=O) groups excluding carboxylic acids is 6. The number of Topliss-reactive ketones (excluding diaryl/α,β-unsaturated/α-hetero) is 4. The molecule has 392 valence electrons. The van der Waals surface area contributed by atoms with Gasteiger partial charge in [-0.2, -0.15) is 0 Å². The Hall–Kier alpha value is -3.60. The zero-order chi connectivity index (χ0) is 52.4. The van der Waals surface area contributed by atoms with Gasteiger partial charge >= 0.3 is 0 Å². The number of aliphatic hydroxyl groups excluding tert-OH is 4. The van der Waals surface area contributed by atoms with Crippen LogP contribution in [0.1, 0.15) is 93.9 Å². The maximum Gasteiger partial charge on any atom is 0.275 e. The highest BCUT2D eigenvalue weighted by atomic mass is 19.1. The van der Waals surface area contributed by atoms with Gasteiger partial charge in [-0.05, 0) is 101 Å². The molecule has 6 saturated carbocycles. The second-order valence-electron chi connectivity index (χ2n) is 22.3. The molecule has 0 aliphatic heterocycles. The van der Waals surface area contributed by atoms with Gasteiger partial charge in [0, 0.05) is 59.9 Å². The predicted octanol–water partition coefficient (Wildman–Crippen LogP) is 2.59. The second-order valence-corrected chi connectivity index (χ2v) is 22.3. The fourth-order valence-corrected chi connectivity index (χ4v) is 15.4. The Morgan fingerprint density at radius 2 is 0.986 bits per heavy atom. The number of ketones is 6. The van der Waals surface area contributed by atoms with Gasteiger partial charge in [0.25, 0.3) is 13.0 Å². The number of aliphatic hydroxyl groups is 6. The van der Waals surface area contributed by atoms with Gasteiger partial charge in [-0.3, -0.25) is 33.5 Å². The molecule has 0 spiro atoms. The molecule has 6 fully saturated rings. The van der Waals surface area contributed by atoms with E-state index in [1.807, 2.05) is 0 Å². The van der Waals surface area contributed by atoms with Crippen LogP contribution in [-0.2, 0) is 52.5 Å². The Morgan fingerprint density at radius 3 is 1.32 bits per heavy atom. The summed E-state index contributed by atoms with van der Waals surface area (Å²) in [5, 5.41) is 71.1. The summed E-state index contributed by atoms with van der Waals surface area (Å²) in [4.78, 5) is 80.2. The lowest BCUT2D eigenvalue weighted by Crippen LogP contribution is -2.71. The molecule has 71 heavy (non-hydrogen) atoms. The van der Waals surface area contributed by atoms with E-state index in [0.29, 0.717) is 0 Å². The monoisotopic (exact) mass is 1000 g/mol. The Balaban J connectivity index is 0.928. The van der Waals surface area contributed by atoms with E-state index >= 15 is 8.78 Å². The van der Waals surface area contributed by atoms with E-state index in [1.54, 1.807) is 27.7 Å². The summed E-state index contributed by atoms with van der Waals surface area (Å²) >= 11 is 0. The third-order valence-electron chi connectivity index (χ3n) is 19.1. The fourth-order valence-electron chi connectivity index (χ4n) is 15.4. The van der Waals surface area contributed by atoms with Gasteiger partial charge in [-0.25, -0.2) is 8.78 Å². The molecule has 0 aromatic heterocycles. The van der Waals surface area contributed by atoms with Crippen molar-refractivity contribution in [2.75, 3.05) is 26.4 Å². The van der Waals surface area contributed by atoms with E-state index in [0.717, 1.165) is 24.3 Å². The Kier molecular flexibility index (Phi) is 13.7. The number of allylic oxidation sites excluding steroid dienone is 8. The minimum absolute atomic E-state index is 0.0454. The summed E-state index contributed by atoms with van der Waals surface area (Å²) in [6, 6.07) is 0. The highest BCUT2D eigenvalue weighted by Gasteiger charge is 2.79. The number of fused-ring (bicyclic) bond motifs is 10. The van der Waals surface area contributed by atoms with Crippen molar-refractivity contribution in [2.24, 2.45) is 57.2 Å². The molecule has 19 heteroatoms. The van der Waals surface area contributed by atoms with Gasteiger partial charge in [0.2, 0.25) is 0 Å². The normalized spacial score (nSPS) is 46.1. The summed E-state index contributed by atoms with van der Waals surface area (Å²) < 4.78 is 63.5. The largest absolute Gasteiger partial charge is 0.390 e. The third-order valence-corrected chi connectivity index (χ3v) is 19.1. The van der Waals surface area contributed by atoms with Crippen molar-refractivity contribution in [3.63, 3.8) is 0 Å². The van der Waals surface area contributed by atoms with Gasteiger partial charge in [0.05, 0.1) is 36.3 Å². The first-order valence-electron chi connectivity index (χ1n) is 24.7. The van der Waals surface area contributed by atoms with Crippen molar-refractivity contribution < 1.29 is 91.9 Å². The van der Waals surface area contributed by atoms with Crippen molar-refractivity contribution in [1.82, 2.24) is 0 Å². The molecule has 0 bridgehead atoms. The minimum Gasteiger partial charge on any atom is -0.390 e. The number of hydrogen-bond acceptors (Lipinski definition) is 17. The lowest BCUT2D eigenvalue weighted by atomic mass is 9.44. The van der Waals surface area contributed by atoms with E-state index in [9.17, 15) is 59.4 Å². The second kappa shape index (κ2) is 18.1. The van der Waals surface area contributed by atoms with Crippen molar-refractivity contribution in [3.05, 3.63) is 47.6 Å². The summed E-state index contributed by atoms with van der Waals surface area (Å²) in [5.41, 5.74) is -16.1. The number of carbonyl (C=O) groups is 6. The number of rotatable bonds is 16. The molecule has 8 unspecified atom stereocenters. The topological polar surface area (TPSA) is 270 Å². The predicted molar refractivity (Wildman–Crippen MR) is 242 cm³/mol. The van der Waals surface area contributed by atoms with Crippen LogP contribution in [0.15, 0.2) is 47.6 Å². The lowest BCUT2D eigenvalue weighted by molar-refractivity contribution is -0.399. The highest BCUT2D eigenvalue weighted by Crippen LogP contribution is 2.72.